The third-order valence-electron chi connectivity index (χ3n) is 3.90. The first-order valence-electron chi connectivity index (χ1n) is 7.36. The second kappa shape index (κ2) is 6.31. The molecule has 5 heteroatoms. The first kappa shape index (κ1) is 15.4. The highest BCUT2D eigenvalue weighted by Crippen LogP contribution is 2.47. The molecule has 1 aromatic heterocycles. The van der Waals surface area contributed by atoms with E-state index >= 15 is 0 Å². The molecule has 3 rings (SSSR count). The topological polar surface area (TPSA) is 66.0 Å². The van der Waals surface area contributed by atoms with Crippen LogP contribution >= 0.6 is 11.6 Å². The molecule has 1 heterocycles. The summed E-state index contributed by atoms with van der Waals surface area (Å²) in [6.45, 7) is 2.17. The van der Waals surface area contributed by atoms with Gasteiger partial charge in [0.1, 0.15) is 23.2 Å². The molecule has 1 amide bonds. The standard InChI is InChI=1S/C18H15ClN2O2/c1-11-8-14(11)17-7-6-13(23-17)9-12(10-20)18(22)21-16-5-3-2-4-15(16)19/h2-7,9,11,14H,8H2,1H3,(H,21,22). The highest BCUT2D eigenvalue weighted by Gasteiger charge is 2.36. The van der Waals surface area contributed by atoms with E-state index in [4.69, 9.17) is 16.0 Å². The molecular formula is C18H15ClN2O2. The Kier molecular flexibility index (Phi) is 4.22. The molecule has 0 bridgehead atoms. The van der Waals surface area contributed by atoms with Gasteiger partial charge in [0.15, 0.2) is 0 Å². The van der Waals surface area contributed by atoms with Gasteiger partial charge in [-0.3, -0.25) is 4.79 Å². The van der Waals surface area contributed by atoms with E-state index in [1.165, 1.54) is 6.08 Å². The fourth-order valence-electron chi connectivity index (χ4n) is 2.41. The van der Waals surface area contributed by atoms with Crippen molar-refractivity contribution < 1.29 is 9.21 Å². The Labute approximate surface area is 139 Å². The Morgan fingerprint density at radius 1 is 1.39 bits per heavy atom. The number of nitrogens with one attached hydrogen (secondary N) is 1. The van der Waals surface area contributed by atoms with E-state index in [1.54, 1.807) is 30.3 Å². The Hall–Kier alpha value is -2.51. The number of hydrogen-bond donors (Lipinski definition) is 1. The summed E-state index contributed by atoms with van der Waals surface area (Å²) in [5, 5.41) is 12.3. The third-order valence-corrected chi connectivity index (χ3v) is 4.23. The quantitative estimate of drug-likeness (QED) is 0.659. The molecule has 4 nitrogen and oxygen atoms in total. The minimum absolute atomic E-state index is 0.0327. The number of carbonyl (C=O) groups excluding carboxylic acids is 1. The lowest BCUT2D eigenvalue weighted by atomic mass is 10.2. The Morgan fingerprint density at radius 2 is 2.13 bits per heavy atom. The van der Waals surface area contributed by atoms with Gasteiger partial charge in [-0.15, -0.1) is 0 Å². The van der Waals surface area contributed by atoms with Crippen molar-refractivity contribution >= 4 is 29.3 Å². The number of hydrogen-bond acceptors (Lipinski definition) is 3. The predicted octanol–water partition coefficient (Wildman–Crippen LogP) is 4.60. The van der Waals surface area contributed by atoms with Crippen LogP contribution in [0, 0.1) is 17.2 Å². The number of amides is 1. The van der Waals surface area contributed by atoms with E-state index in [0.717, 1.165) is 12.2 Å². The second-order valence-corrected chi connectivity index (χ2v) is 6.07. The van der Waals surface area contributed by atoms with Crippen molar-refractivity contribution in [3.8, 4) is 6.07 Å². The first-order valence-corrected chi connectivity index (χ1v) is 7.73. The molecular weight excluding hydrogens is 312 g/mol. The molecule has 0 spiro atoms. The van der Waals surface area contributed by atoms with Crippen molar-refractivity contribution in [3.05, 3.63) is 58.5 Å². The molecule has 0 radical (unpaired) electrons. The Bertz CT molecular complexity index is 816. The van der Waals surface area contributed by atoms with Gasteiger partial charge in [0, 0.05) is 12.0 Å². The zero-order valence-electron chi connectivity index (χ0n) is 12.5. The lowest BCUT2D eigenvalue weighted by Crippen LogP contribution is -2.13. The van der Waals surface area contributed by atoms with Gasteiger partial charge >= 0.3 is 0 Å². The van der Waals surface area contributed by atoms with Gasteiger partial charge in [-0.2, -0.15) is 5.26 Å². The summed E-state index contributed by atoms with van der Waals surface area (Å²) < 4.78 is 5.70. The van der Waals surface area contributed by atoms with Crippen LogP contribution < -0.4 is 5.32 Å². The summed E-state index contributed by atoms with van der Waals surface area (Å²) in [5.74, 6) is 1.99. The van der Waals surface area contributed by atoms with Gasteiger partial charge in [-0.05, 0) is 36.6 Å². The highest BCUT2D eigenvalue weighted by molar-refractivity contribution is 6.34. The van der Waals surface area contributed by atoms with E-state index in [0.29, 0.717) is 28.3 Å². The van der Waals surface area contributed by atoms with E-state index in [-0.39, 0.29) is 5.57 Å². The SMILES string of the molecule is CC1CC1c1ccc(C=C(C#N)C(=O)Nc2ccccc2Cl)o1. The number of halogens is 1. The van der Waals surface area contributed by atoms with E-state index < -0.39 is 5.91 Å². The number of carbonyl (C=O) groups is 1. The van der Waals surface area contributed by atoms with Gasteiger partial charge in [-0.1, -0.05) is 30.7 Å². The van der Waals surface area contributed by atoms with Crippen LogP contribution in [-0.2, 0) is 4.79 Å². The lowest BCUT2D eigenvalue weighted by Gasteiger charge is -2.05. The fraction of sp³-hybridized carbons (Fsp3) is 0.222. The molecule has 0 aliphatic heterocycles. The van der Waals surface area contributed by atoms with Crippen molar-refractivity contribution in [2.24, 2.45) is 5.92 Å². The normalized spacial score (nSPS) is 20.0. The number of anilines is 1. The summed E-state index contributed by atoms with van der Waals surface area (Å²) in [7, 11) is 0. The van der Waals surface area contributed by atoms with Crippen LogP contribution in [0.1, 0.15) is 30.8 Å². The van der Waals surface area contributed by atoms with Crippen molar-refractivity contribution in [1.82, 2.24) is 0 Å². The van der Waals surface area contributed by atoms with Crippen LogP contribution in [0.15, 0.2) is 46.4 Å². The second-order valence-electron chi connectivity index (χ2n) is 5.66. The van der Waals surface area contributed by atoms with Crippen LogP contribution in [0.25, 0.3) is 6.08 Å². The first-order chi connectivity index (χ1) is 11.1. The number of furan rings is 1. The number of para-hydroxylation sites is 1. The number of rotatable bonds is 4. The summed E-state index contributed by atoms with van der Waals surface area (Å²) in [6, 6.07) is 12.4. The summed E-state index contributed by atoms with van der Waals surface area (Å²) in [6.07, 6.45) is 2.57. The molecule has 2 unspecified atom stereocenters. The van der Waals surface area contributed by atoms with E-state index in [2.05, 4.69) is 12.2 Å². The van der Waals surface area contributed by atoms with Crippen molar-refractivity contribution in [2.45, 2.75) is 19.3 Å². The smallest absolute Gasteiger partial charge is 0.266 e. The summed E-state index contributed by atoms with van der Waals surface area (Å²) in [5.41, 5.74) is 0.432. The molecule has 1 aliphatic carbocycles. The molecule has 1 fully saturated rings. The maximum atomic E-state index is 12.2. The van der Waals surface area contributed by atoms with Gasteiger partial charge < -0.3 is 9.73 Å². The molecule has 2 atom stereocenters. The minimum Gasteiger partial charge on any atom is -0.461 e. The lowest BCUT2D eigenvalue weighted by molar-refractivity contribution is -0.112. The maximum absolute atomic E-state index is 12.2. The molecule has 1 aliphatic rings. The summed E-state index contributed by atoms with van der Waals surface area (Å²) in [4.78, 5) is 12.2. The van der Waals surface area contributed by atoms with E-state index in [1.807, 2.05) is 12.1 Å². The Balaban J connectivity index is 1.76. The monoisotopic (exact) mass is 326 g/mol. The molecule has 1 aromatic carbocycles. The molecule has 2 aromatic rings. The highest BCUT2D eigenvalue weighted by atomic mass is 35.5. The molecule has 23 heavy (non-hydrogen) atoms. The zero-order valence-corrected chi connectivity index (χ0v) is 13.3. The third kappa shape index (κ3) is 3.46. The van der Waals surface area contributed by atoms with Crippen LogP contribution in [0.2, 0.25) is 5.02 Å². The average molecular weight is 327 g/mol. The van der Waals surface area contributed by atoms with Gasteiger partial charge in [-0.25, -0.2) is 0 Å². The molecule has 1 N–H and O–H groups in total. The zero-order chi connectivity index (χ0) is 16.4. The maximum Gasteiger partial charge on any atom is 0.266 e. The minimum atomic E-state index is -0.515. The largest absolute Gasteiger partial charge is 0.461 e. The fourth-order valence-corrected chi connectivity index (χ4v) is 2.59. The van der Waals surface area contributed by atoms with Crippen molar-refractivity contribution in [2.75, 3.05) is 5.32 Å². The number of nitrogens with zero attached hydrogens (tertiary/aromatic N) is 1. The van der Waals surface area contributed by atoms with Gasteiger partial charge in [0.25, 0.3) is 5.91 Å². The van der Waals surface area contributed by atoms with Gasteiger partial charge in [0.2, 0.25) is 0 Å². The molecule has 0 saturated heterocycles. The van der Waals surface area contributed by atoms with Crippen molar-refractivity contribution in [1.29, 1.82) is 5.26 Å². The number of benzene rings is 1. The predicted molar refractivity (Wildman–Crippen MR) is 88.9 cm³/mol. The molecule has 116 valence electrons. The van der Waals surface area contributed by atoms with Crippen LogP contribution in [0.4, 0.5) is 5.69 Å². The van der Waals surface area contributed by atoms with Gasteiger partial charge in [0.05, 0.1) is 10.7 Å². The average Bonchev–Trinajstić information content (AvgIpc) is 3.09. The van der Waals surface area contributed by atoms with Crippen LogP contribution in [0.5, 0.6) is 0 Å². The molecule has 1 saturated carbocycles. The van der Waals surface area contributed by atoms with Crippen LogP contribution in [-0.4, -0.2) is 5.91 Å². The van der Waals surface area contributed by atoms with Crippen LogP contribution in [0.3, 0.4) is 0 Å². The van der Waals surface area contributed by atoms with Crippen molar-refractivity contribution in [3.63, 3.8) is 0 Å². The van der Waals surface area contributed by atoms with E-state index in [9.17, 15) is 10.1 Å². The Morgan fingerprint density at radius 3 is 2.78 bits per heavy atom. The summed E-state index contributed by atoms with van der Waals surface area (Å²) >= 11 is 6.00. The number of nitriles is 1.